The van der Waals surface area contributed by atoms with E-state index in [2.05, 4.69) is 5.32 Å². The third-order valence-corrected chi connectivity index (χ3v) is 4.04. The minimum atomic E-state index is -1.07. The van der Waals surface area contributed by atoms with Crippen molar-refractivity contribution >= 4 is 17.7 Å². The number of ether oxygens (including phenoxy) is 1. The molecule has 0 aliphatic heterocycles. The van der Waals surface area contributed by atoms with E-state index in [4.69, 9.17) is 9.84 Å². The van der Waals surface area contributed by atoms with Gasteiger partial charge in [0.2, 0.25) is 5.91 Å². The summed E-state index contributed by atoms with van der Waals surface area (Å²) in [5.74, 6) is -1.34. The van der Waals surface area contributed by atoms with E-state index >= 15 is 0 Å². The van der Waals surface area contributed by atoms with Gasteiger partial charge in [0.15, 0.2) is 5.78 Å². The lowest BCUT2D eigenvalue weighted by molar-refractivity contribution is -0.137. The van der Waals surface area contributed by atoms with Crippen LogP contribution >= 0.6 is 0 Å². The number of carbonyl (C=O) groups excluding carboxylic acids is 2. The summed E-state index contributed by atoms with van der Waals surface area (Å²) >= 11 is 0. The lowest BCUT2D eigenvalue weighted by Gasteiger charge is -2.17. The Morgan fingerprint density at radius 2 is 1.86 bits per heavy atom. The van der Waals surface area contributed by atoms with Crippen LogP contribution in [0.1, 0.15) is 48.1 Å². The molecule has 1 atom stereocenters. The van der Waals surface area contributed by atoms with Crippen molar-refractivity contribution in [1.29, 1.82) is 0 Å². The summed E-state index contributed by atoms with van der Waals surface area (Å²) in [6, 6.07) is 11.4. The van der Waals surface area contributed by atoms with Gasteiger partial charge in [-0.2, -0.15) is 0 Å². The van der Waals surface area contributed by atoms with Gasteiger partial charge in [-0.1, -0.05) is 24.3 Å². The van der Waals surface area contributed by atoms with Crippen LogP contribution < -0.4 is 10.1 Å². The van der Waals surface area contributed by atoms with Gasteiger partial charge in [-0.3, -0.25) is 14.4 Å². The number of benzene rings is 2. The molecule has 0 saturated carbocycles. The second-order valence-corrected chi connectivity index (χ2v) is 6.31. The Morgan fingerprint density at radius 3 is 2.50 bits per heavy atom. The van der Waals surface area contributed by atoms with Crippen LogP contribution in [0.3, 0.4) is 0 Å². The minimum Gasteiger partial charge on any atom is -0.494 e. The number of carbonyl (C=O) groups is 3. The zero-order valence-corrected chi connectivity index (χ0v) is 15.5. The summed E-state index contributed by atoms with van der Waals surface area (Å²) in [4.78, 5) is 34.6. The van der Waals surface area contributed by atoms with Crippen LogP contribution in [0.5, 0.6) is 5.75 Å². The molecule has 2 N–H and O–H groups in total. The molecule has 0 fully saturated rings. The molecule has 0 aliphatic rings. The van der Waals surface area contributed by atoms with E-state index in [9.17, 15) is 18.8 Å². The first kappa shape index (κ1) is 21.1. The number of rotatable bonds is 10. The third-order valence-electron chi connectivity index (χ3n) is 4.04. The minimum absolute atomic E-state index is 0.0601. The van der Waals surface area contributed by atoms with Gasteiger partial charge < -0.3 is 15.2 Å². The summed E-state index contributed by atoms with van der Waals surface area (Å²) < 4.78 is 18.6. The van der Waals surface area contributed by atoms with E-state index in [0.717, 1.165) is 0 Å². The summed E-state index contributed by atoms with van der Waals surface area (Å²) in [6.07, 6.45) is 0.259. The Kier molecular flexibility index (Phi) is 7.68. The van der Waals surface area contributed by atoms with Gasteiger partial charge in [0.05, 0.1) is 19.1 Å². The van der Waals surface area contributed by atoms with E-state index < -0.39 is 17.8 Å². The second-order valence-electron chi connectivity index (χ2n) is 6.31. The van der Waals surface area contributed by atoms with Crippen LogP contribution in [0.4, 0.5) is 4.39 Å². The number of nitrogens with one attached hydrogen (secondary N) is 1. The Bertz CT molecular complexity index is 835. The van der Waals surface area contributed by atoms with Crippen LogP contribution in [0.15, 0.2) is 48.5 Å². The van der Waals surface area contributed by atoms with Gasteiger partial charge in [0.1, 0.15) is 11.6 Å². The zero-order valence-electron chi connectivity index (χ0n) is 15.5. The van der Waals surface area contributed by atoms with Crippen molar-refractivity contribution in [2.45, 2.75) is 32.2 Å². The fourth-order valence-corrected chi connectivity index (χ4v) is 2.62. The normalized spacial score (nSPS) is 11.5. The second kappa shape index (κ2) is 10.2. The van der Waals surface area contributed by atoms with Crippen LogP contribution in [0.25, 0.3) is 0 Å². The molecule has 0 aliphatic carbocycles. The quantitative estimate of drug-likeness (QED) is 0.481. The Morgan fingerprint density at radius 1 is 1.14 bits per heavy atom. The monoisotopic (exact) mass is 387 g/mol. The van der Waals surface area contributed by atoms with Crippen molar-refractivity contribution in [1.82, 2.24) is 5.32 Å². The molecular weight excluding hydrogens is 365 g/mol. The SMILES string of the molecule is CC(=O)c1cccc(OCCCC(=O)NC(CC(=O)O)c2ccc(F)cc2)c1. The number of hydrogen-bond donors (Lipinski definition) is 2. The fraction of sp³-hybridized carbons (Fsp3) is 0.286. The summed E-state index contributed by atoms with van der Waals surface area (Å²) in [7, 11) is 0. The molecule has 1 unspecified atom stereocenters. The summed E-state index contributed by atoms with van der Waals surface area (Å²) in [5.41, 5.74) is 1.07. The molecule has 0 spiro atoms. The highest BCUT2D eigenvalue weighted by Gasteiger charge is 2.18. The first-order valence-electron chi connectivity index (χ1n) is 8.85. The molecule has 0 aromatic heterocycles. The predicted octanol–water partition coefficient (Wildman–Crippen LogP) is 3.52. The Labute approximate surface area is 162 Å². The molecule has 148 valence electrons. The first-order chi connectivity index (χ1) is 13.3. The fourth-order valence-electron chi connectivity index (χ4n) is 2.62. The van der Waals surface area contributed by atoms with E-state index in [1.165, 1.54) is 31.2 Å². The van der Waals surface area contributed by atoms with Crippen molar-refractivity contribution in [3.8, 4) is 5.75 Å². The van der Waals surface area contributed by atoms with Crippen LogP contribution in [-0.4, -0.2) is 29.4 Å². The Balaban J connectivity index is 1.84. The molecule has 6 nitrogen and oxygen atoms in total. The molecule has 0 radical (unpaired) electrons. The van der Waals surface area contributed by atoms with Crippen LogP contribution in [0, 0.1) is 5.82 Å². The van der Waals surface area contributed by atoms with Crippen LogP contribution in [0.2, 0.25) is 0 Å². The maximum absolute atomic E-state index is 13.1. The van der Waals surface area contributed by atoms with Crippen LogP contribution in [-0.2, 0) is 9.59 Å². The summed E-state index contributed by atoms with van der Waals surface area (Å²) in [5, 5.41) is 11.7. The molecule has 2 aromatic carbocycles. The molecule has 0 bridgehead atoms. The molecule has 2 rings (SSSR count). The van der Waals surface area contributed by atoms with E-state index in [1.54, 1.807) is 24.3 Å². The van der Waals surface area contributed by atoms with Crippen molar-refractivity contribution in [2.24, 2.45) is 0 Å². The number of halogens is 1. The summed E-state index contributed by atoms with van der Waals surface area (Å²) in [6.45, 7) is 1.74. The van der Waals surface area contributed by atoms with Crippen molar-refractivity contribution in [2.75, 3.05) is 6.61 Å². The highest BCUT2D eigenvalue weighted by atomic mass is 19.1. The van der Waals surface area contributed by atoms with Crippen molar-refractivity contribution < 1.29 is 28.6 Å². The van der Waals surface area contributed by atoms with Gasteiger partial charge >= 0.3 is 5.97 Å². The number of ketones is 1. The van der Waals surface area contributed by atoms with Gasteiger partial charge in [-0.25, -0.2) is 4.39 Å². The maximum Gasteiger partial charge on any atom is 0.305 e. The Hall–Kier alpha value is -3.22. The first-order valence-corrected chi connectivity index (χ1v) is 8.85. The van der Waals surface area contributed by atoms with E-state index in [-0.39, 0.29) is 31.1 Å². The van der Waals surface area contributed by atoms with Crippen molar-refractivity contribution in [3.63, 3.8) is 0 Å². The standard InChI is InChI=1S/C21H22FNO5/c1-14(24)16-4-2-5-18(12-16)28-11-3-6-20(25)23-19(13-21(26)27)15-7-9-17(22)10-8-15/h2,4-5,7-10,12,19H,3,6,11,13H2,1H3,(H,23,25)(H,26,27). The largest absolute Gasteiger partial charge is 0.494 e. The molecule has 28 heavy (non-hydrogen) atoms. The van der Waals surface area contributed by atoms with Gasteiger partial charge in [-0.05, 0) is 43.2 Å². The van der Waals surface area contributed by atoms with E-state index in [1.807, 2.05) is 0 Å². The number of amides is 1. The lowest BCUT2D eigenvalue weighted by atomic mass is 10.0. The maximum atomic E-state index is 13.1. The molecule has 1 amide bonds. The number of carboxylic acid groups (broad SMARTS) is 1. The van der Waals surface area contributed by atoms with Gasteiger partial charge in [0.25, 0.3) is 0 Å². The highest BCUT2D eigenvalue weighted by molar-refractivity contribution is 5.94. The van der Waals surface area contributed by atoms with E-state index in [0.29, 0.717) is 23.3 Å². The molecule has 2 aromatic rings. The predicted molar refractivity (Wildman–Crippen MR) is 101 cm³/mol. The smallest absolute Gasteiger partial charge is 0.305 e. The molecule has 0 saturated heterocycles. The van der Waals surface area contributed by atoms with Gasteiger partial charge in [-0.15, -0.1) is 0 Å². The average Bonchev–Trinajstić information content (AvgIpc) is 2.65. The van der Waals surface area contributed by atoms with Crippen molar-refractivity contribution in [3.05, 3.63) is 65.5 Å². The molecule has 0 heterocycles. The number of Topliss-reactive ketones (excluding diaryl/α,β-unsaturated/α-hetero) is 1. The highest BCUT2D eigenvalue weighted by Crippen LogP contribution is 2.18. The van der Waals surface area contributed by atoms with Gasteiger partial charge in [0, 0.05) is 12.0 Å². The number of carboxylic acids is 1. The number of aliphatic carboxylic acids is 1. The zero-order chi connectivity index (χ0) is 20.5. The molecule has 7 heteroatoms. The third kappa shape index (κ3) is 6.83. The lowest BCUT2D eigenvalue weighted by Crippen LogP contribution is -2.30. The molecular formula is C21H22FNO5. The number of hydrogen-bond acceptors (Lipinski definition) is 4. The topological polar surface area (TPSA) is 92.7 Å². The average molecular weight is 387 g/mol.